The average Bonchev–Trinajstić information content (AvgIpc) is 3.18. The van der Waals surface area contributed by atoms with E-state index in [4.69, 9.17) is 4.74 Å². The van der Waals surface area contributed by atoms with Crippen molar-refractivity contribution >= 4 is 17.2 Å². The van der Waals surface area contributed by atoms with Gasteiger partial charge in [0.05, 0.1) is 6.61 Å². The molecular formula is C20H26N2O2S. The molecule has 3 rings (SSSR count). The highest BCUT2D eigenvalue weighted by molar-refractivity contribution is 7.07. The molecule has 0 bridgehead atoms. The molecule has 0 saturated carbocycles. The van der Waals surface area contributed by atoms with E-state index in [2.05, 4.69) is 28.9 Å². The van der Waals surface area contributed by atoms with E-state index in [0.717, 1.165) is 18.7 Å². The van der Waals surface area contributed by atoms with Crippen molar-refractivity contribution in [2.24, 2.45) is 0 Å². The number of hydrogen-bond donors (Lipinski definition) is 1. The molecule has 5 heteroatoms. The van der Waals surface area contributed by atoms with E-state index in [1.54, 1.807) is 18.4 Å². The second-order valence-electron chi connectivity index (χ2n) is 6.52. The Kier molecular flexibility index (Phi) is 6.62. The SMILES string of the molecule is COCCN(Cc1ccsc1)C(=O)c1ccc([C@@H]2CCCNC2)cc1. The van der Waals surface area contributed by atoms with E-state index in [9.17, 15) is 4.79 Å². The number of hydrogen-bond acceptors (Lipinski definition) is 4. The second-order valence-corrected chi connectivity index (χ2v) is 7.30. The molecule has 0 radical (unpaired) electrons. The maximum atomic E-state index is 12.9. The van der Waals surface area contributed by atoms with Crippen LogP contribution in [0.1, 0.15) is 40.2 Å². The first-order chi connectivity index (χ1) is 12.3. The number of ether oxygens (including phenoxy) is 1. The van der Waals surface area contributed by atoms with Crippen LogP contribution in [0.5, 0.6) is 0 Å². The molecule has 2 heterocycles. The molecule has 0 aliphatic carbocycles. The molecule has 1 atom stereocenters. The van der Waals surface area contributed by atoms with Crippen molar-refractivity contribution in [2.75, 3.05) is 33.4 Å². The number of carbonyl (C=O) groups is 1. The average molecular weight is 359 g/mol. The Labute approximate surface area is 153 Å². The van der Waals surface area contributed by atoms with Crippen molar-refractivity contribution in [1.29, 1.82) is 0 Å². The number of amides is 1. The molecule has 2 aromatic rings. The zero-order valence-electron chi connectivity index (χ0n) is 14.7. The predicted octanol–water partition coefficient (Wildman–Crippen LogP) is 3.50. The van der Waals surface area contributed by atoms with Crippen LogP contribution in [0.25, 0.3) is 0 Å². The van der Waals surface area contributed by atoms with Gasteiger partial charge in [0.25, 0.3) is 5.91 Å². The highest BCUT2D eigenvalue weighted by atomic mass is 32.1. The van der Waals surface area contributed by atoms with Gasteiger partial charge in [-0.25, -0.2) is 0 Å². The first kappa shape index (κ1) is 18.1. The van der Waals surface area contributed by atoms with Crippen molar-refractivity contribution in [3.63, 3.8) is 0 Å². The molecular weight excluding hydrogens is 332 g/mol. The van der Waals surface area contributed by atoms with E-state index in [1.165, 1.54) is 24.0 Å². The predicted molar refractivity (Wildman–Crippen MR) is 102 cm³/mol. The molecule has 1 N–H and O–H groups in total. The first-order valence-corrected chi connectivity index (χ1v) is 9.82. The lowest BCUT2D eigenvalue weighted by Crippen LogP contribution is -2.33. The zero-order chi connectivity index (χ0) is 17.5. The van der Waals surface area contributed by atoms with E-state index >= 15 is 0 Å². The number of rotatable bonds is 7. The lowest BCUT2D eigenvalue weighted by molar-refractivity contribution is 0.0680. The minimum Gasteiger partial charge on any atom is -0.383 e. The molecule has 0 spiro atoms. The van der Waals surface area contributed by atoms with Gasteiger partial charge in [-0.2, -0.15) is 11.3 Å². The van der Waals surface area contributed by atoms with Crippen LogP contribution in [-0.4, -0.2) is 44.2 Å². The fraction of sp³-hybridized carbons (Fsp3) is 0.450. The highest BCUT2D eigenvalue weighted by Crippen LogP contribution is 2.24. The summed E-state index contributed by atoms with van der Waals surface area (Å²) in [5.74, 6) is 0.630. The number of nitrogens with zero attached hydrogens (tertiary/aromatic N) is 1. The molecule has 134 valence electrons. The summed E-state index contributed by atoms with van der Waals surface area (Å²) in [4.78, 5) is 14.8. The Morgan fingerprint density at radius 1 is 1.32 bits per heavy atom. The van der Waals surface area contributed by atoms with E-state index in [1.807, 2.05) is 22.4 Å². The standard InChI is InChI=1S/C20H26N2O2S/c1-24-11-10-22(14-16-8-12-25-15-16)20(23)18-6-4-17(5-7-18)19-3-2-9-21-13-19/h4-8,12,15,19,21H,2-3,9-11,13-14H2,1H3/t19-/m1/s1. The summed E-state index contributed by atoms with van der Waals surface area (Å²) in [5, 5.41) is 7.58. The van der Waals surface area contributed by atoms with Crippen molar-refractivity contribution in [2.45, 2.75) is 25.3 Å². The minimum atomic E-state index is 0.0663. The maximum Gasteiger partial charge on any atom is 0.254 e. The summed E-state index contributed by atoms with van der Waals surface area (Å²) in [6.45, 7) is 3.91. The van der Waals surface area contributed by atoms with Crippen LogP contribution >= 0.6 is 11.3 Å². The topological polar surface area (TPSA) is 41.6 Å². The Hall–Kier alpha value is -1.69. The lowest BCUT2D eigenvalue weighted by atomic mass is 9.91. The van der Waals surface area contributed by atoms with Crippen LogP contribution in [0.15, 0.2) is 41.1 Å². The Morgan fingerprint density at radius 2 is 2.16 bits per heavy atom. The van der Waals surface area contributed by atoms with Gasteiger partial charge in [0.15, 0.2) is 0 Å². The molecule has 1 aromatic heterocycles. The Bertz CT molecular complexity index is 649. The number of thiophene rings is 1. The number of benzene rings is 1. The van der Waals surface area contributed by atoms with Crippen molar-refractivity contribution in [3.8, 4) is 0 Å². The normalized spacial score (nSPS) is 17.4. The third kappa shape index (κ3) is 4.91. The van der Waals surface area contributed by atoms with Crippen LogP contribution < -0.4 is 5.32 Å². The highest BCUT2D eigenvalue weighted by Gasteiger charge is 2.18. The van der Waals surface area contributed by atoms with Crippen LogP contribution in [0, 0.1) is 0 Å². The summed E-state index contributed by atoms with van der Waals surface area (Å²) in [5.41, 5.74) is 3.24. The molecule has 1 aliphatic heterocycles. The van der Waals surface area contributed by atoms with E-state index < -0.39 is 0 Å². The molecule has 25 heavy (non-hydrogen) atoms. The van der Waals surface area contributed by atoms with Gasteiger partial charge in [-0.15, -0.1) is 0 Å². The van der Waals surface area contributed by atoms with Crippen molar-refractivity contribution in [1.82, 2.24) is 10.2 Å². The molecule has 1 saturated heterocycles. The van der Waals surface area contributed by atoms with Crippen molar-refractivity contribution < 1.29 is 9.53 Å². The zero-order valence-corrected chi connectivity index (χ0v) is 15.6. The van der Waals surface area contributed by atoms with Gasteiger partial charge in [0.1, 0.15) is 0 Å². The van der Waals surface area contributed by atoms with Gasteiger partial charge in [-0.1, -0.05) is 12.1 Å². The summed E-state index contributed by atoms with van der Waals surface area (Å²) < 4.78 is 5.18. The smallest absolute Gasteiger partial charge is 0.254 e. The van der Waals surface area contributed by atoms with Crippen LogP contribution in [-0.2, 0) is 11.3 Å². The van der Waals surface area contributed by atoms with Gasteiger partial charge >= 0.3 is 0 Å². The van der Waals surface area contributed by atoms with Gasteiger partial charge in [-0.05, 0) is 65.4 Å². The number of methoxy groups -OCH3 is 1. The fourth-order valence-corrected chi connectivity index (χ4v) is 3.93. The third-order valence-corrected chi connectivity index (χ3v) is 5.46. The lowest BCUT2D eigenvalue weighted by Gasteiger charge is -2.24. The molecule has 1 fully saturated rings. The van der Waals surface area contributed by atoms with Crippen molar-refractivity contribution in [3.05, 3.63) is 57.8 Å². The Balaban J connectivity index is 1.69. The van der Waals surface area contributed by atoms with Crippen LogP contribution in [0.2, 0.25) is 0 Å². The second kappa shape index (κ2) is 9.13. The minimum absolute atomic E-state index is 0.0663. The number of piperidine rings is 1. The third-order valence-electron chi connectivity index (χ3n) is 4.73. The monoisotopic (exact) mass is 358 g/mol. The maximum absolute atomic E-state index is 12.9. The fourth-order valence-electron chi connectivity index (χ4n) is 3.27. The van der Waals surface area contributed by atoms with E-state index in [0.29, 0.717) is 25.6 Å². The van der Waals surface area contributed by atoms with Gasteiger partial charge in [0.2, 0.25) is 0 Å². The first-order valence-electron chi connectivity index (χ1n) is 8.88. The quantitative estimate of drug-likeness (QED) is 0.824. The van der Waals surface area contributed by atoms with Gasteiger partial charge < -0.3 is 15.0 Å². The molecule has 4 nitrogen and oxygen atoms in total. The summed E-state index contributed by atoms with van der Waals surface area (Å²) in [6.07, 6.45) is 2.44. The largest absolute Gasteiger partial charge is 0.383 e. The van der Waals surface area contributed by atoms with Gasteiger partial charge in [0, 0.05) is 32.3 Å². The summed E-state index contributed by atoms with van der Waals surface area (Å²) in [6, 6.07) is 10.2. The summed E-state index contributed by atoms with van der Waals surface area (Å²) in [7, 11) is 1.67. The number of carbonyl (C=O) groups excluding carboxylic acids is 1. The molecule has 1 aliphatic rings. The molecule has 1 amide bonds. The van der Waals surface area contributed by atoms with Crippen LogP contribution in [0.3, 0.4) is 0 Å². The van der Waals surface area contributed by atoms with E-state index in [-0.39, 0.29) is 5.91 Å². The molecule has 0 unspecified atom stereocenters. The number of nitrogens with one attached hydrogen (secondary N) is 1. The van der Waals surface area contributed by atoms with Crippen LogP contribution in [0.4, 0.5) is 0 Å². The van der Waals surface area contributed by atoms with Gasteiger partial charge in [-0.3, -0.25) is 4.79 Å². The summed E-state index contributed by atoms with van der Waals surface area (Å²) >= 11 is 1.66. The Morgan fingerprint density at radius 3 is 2.80 bits per heavy atom. The molecule has 1 aromatic carbocycles.